The fourth-order valence-electron chi connectivity index (χ4n) is 2.47. The largest absolute Gasteiger partial charge is 0.447 e. The molecule has 0 saturated carbocycles. The van der Waals surface area contributed by atoms with Gasteiger partial charge in [-0.15, -0.1) is 0 Å². The molecule has 1 aliphatic carbocycles. The number of alkyl carbamates (subject to hydrolysis) is 1. The molecule has 0 aromatic heterocycles. The lowest BCUT2D eigenvalue weighted by molar-refractivity contribution is 0.172. The molecule has 3 rings (SSSR count). The fourth-order valence-corrected chi connectivity index (χ4v) is 2.47. The molecule has 1 aliphatic heterocycles. The van der Waals surface area contributed by atoms with E-state index in [2.05, 4.69) is 5.32 Å². The predicted octanol–water partition coefficient (Wildman–Crippen LogP) is 1.71. The highest BCUT2D eigenvalue weighted by Gasteiger charge is 2.46. The first-order chi connectivity index (χ1) is 7.21. The van der Waals surface area contributed by atoms with Crippen molar-refractivity contribution in [2.24, 2.45) is 0 Å². The number of benzene rings is 1. The van der Waals surface area contributed by atoms with Gasteiger partial charge in [-0.25, -0.2) is 9.18 Å². The second-order valence-electron chi connectivity index (χ2n) is 4.05. The van der Waals surface area contributed by atoms with Crippen LogP contribution in [0.15, 0.2) is 18.2 Å². The molecule has 1 spiro atoms. The summed E-state index contributed by atoms with van der Waals surface area (Å²) >= 11 is 0. The lowest BCUT2D eigenvalue weighted by atomic mass is 9.93. The molecular weight excluding hydrogens is 197 g/mol. The van der Waals surface area contributed by atoms with Crippen LogP contribution < -0.4 is 5.32 Å². The van der Waals surface area contributed by atoms with Gasteiger partial charge in [0, 0.05) is 0 Å². The van der Waals surface area contributed by atoms with E-state index in [4.69, 9.17) is 4.74 Å². The first-order valence-corrected chi connectivity index (χ1v) is 4.94. The number of ether oxygens (including phenoxy) is 1. The van der Waals surface area contributed by atoms with Gasteiger partial charge in [-0.05, 0) is 30.0 Å². The van der Waals surface area contributed by atoms with Gasteiger partial charge < -0.3 is 10.1 Å². The van der Waals surface area contributed by atoms with Crippen molar-refractivity contribution in [3.63, 3.8) is 0 Å². The number of hydrogen-bond acceptors (Lipinski definition) is 2. The van der Waals surface area contributed by atoms with Gasteiger partial charge in [-0.1, -0.05) is 12.1 Å². The number of amides is 1. The molecule has 3 nitrogen and oxygen atoms in total. The zero-order valence-electron chi connectivity index (χ0n) is 8.05. The van der Waals surface area contributed by atoms with E-state index >= 15 is 0 Å². The second kappa shape index (κ2) is 2.72. The van der Waals surface area contributed by atoms with Crippen LogP contribution in [0, 0.1) is 5.82 Å². The molecule has 1 N–H and O–H groups in total. The molecule has 1 aromatic rings. The van der Waals surface area contributed by atoms with E-state index < -0.39 is 11.6 Å². The molecule has 1 atom stereocenters. The average Bonchev–Trinajstić information content (AvgIpc) is 2.75. The molecule has 4 heteroatoms. The third-order valence-electron chi connectivity index (χ3n) is 3.23. The molecule has 1 amide bonds. The summed E-state index contributed by atoms with van der Waals surface area (Å²) in [5, 5.41) is 2.78. The van der Waals surface area contributed by atoms with E-state index in [0.717, 1.165) is 12.0 Å². The summed E-state index contributed by atoms with van der Waals surface area (Å²) in [6, 6.07) is 4.99. The third-order valence-corrected chi connectivity index (χ3v) is 3.23. The molecule has 0 bridgehead atoms. The van der Waals surface area contributed by atoms with Crippen molar-refractivity contribution in [3.8, 4) is 0 Å². The van der Waals surface area contributed by atoms with Gasteiger partial charge in [0.15, 0.2) is 0 Å². The molecule has 1 heterocycles. The second-order valence-corrected chi connectivity index (χ2v) is 4.05. The maximum absolute atomic E-state index is 13.5. The summed E-state index contributed by atoms with van der Waals surface area (Å²) < 4.78 is 18.4. The van der Waals surface area contributed by atoms with Crippen LogP contribution in [0.5, 0.6) is 0 Å². The minimum absolute atomic E-state index is 0.189. The first-order valence-electron chi connectivity index (χ1n) is 4.94. The van der Waals surface area contributed by atoms with Gasteiger partial charge in [-0.3, -0.25) is 0 Å². The Balaban J connectivity index is 2.12. The molecule has 1 saturated heterocycles. The smallest absolute Gasteiger partial charge is 0.408 e. The Morgan fingerprint density at radius 1 is 1.47 bits per heavy atom. The zero-order valence-corrected chi connectivity index (χ0v) is 8.05. The highest BCUT2D eigenvalue weighted by atomic mass is 19.1. The molecular formula is C11H10FNO2. The van der Waals surface area contributed by atoms with Crippen molar-refractivity contribution < 1.29 is 13.9 Å². The molecule has 1 fully saturated rings. The van der Waals surface area contributed by atoms with Gasteiger partial charge in [-0.2, -0.15) is 0 Å². The average molecular weight is 207 g/mol. The normalized spacial score (nSPS) is 27.7. The minimum Gasteiger partial charge on any atom is -0.447 e. The summed E-state index contributed by atoms with van der Waals surface area (Å²) in [6.45, 7) is 0.308. The predicted molar refractivity (Wildman–Crippen MR) is 50.9 cm³/mol. The van der Waals surface area contributed by atoms with Crippen molar-refractivity contribution in [2.45, 2.75) is 18.4 Å². The Kier molecular flexibility index (Phi) is 1.58. The van der Waals surface area contributed by atoms with Crippen LogP contribution >= 0.6 is 0 Å². The van der Waals surface area contributed by atoms with Gasteiger partial charge in [0.25, 0.3) is 0 Å². The Labute approximate surface area is 86.2 Å². The number of fused-ring (bicyclic) bond motifs is 2. The van der Waals surface area contributed by atoms with Crippen molar-refractivity contribution in [3.05, 3.63) is 35.1 Å². The summed E-state index contributed by atoms with van der Waals surface area (Å²) in [5.41, 5.74) is 1.10. The monoisotopic (exact) mass is 207 g/mol. The third kappa shape index (κ3) is 1.07. The quantitative estimate of drug-likeness (QED) is 0.703. The number of carbonyl (C=O) groups is 1. The number of carbonyl (C=O) groups excluding carboxylic acids is 1. The van der Waals surface area contributed by atoms with E-state index in [1.165, 1.54) is 6.07 Å². The minimum atomic E-state index is -0.478. The van der Waals surface area contributed by atoms with Crippen LogP contribution in [0.1, 0.15) is 17.5 Å². The number of cyclic esters (lactones) is 1. The van der Waals surface area contributed by atoms with Crippen molar-refractivity contribution in [1.82, 2.24) is 5.32 Å². The lowest BCUT2D eigenvalue weighted by Gasteiger charge is -2.21. The number of hydrogen-bond donors (Lipinski definition) is 1. The van der Waals surface area contributed by atoms with Gasteiger partial charge >= 0.3 is 6.09 Å². The molecule has 1 aromatic carbocycles. The van der Waals surface area contributed by atoms with Crippen molar-refractivity contribution in [2.75, 3.05) is 6.61 Å². The summed E-state index contributed by atoms with van der Waals surface area (Å²) in [6.07, 6.45) is 0.966. The van der Waals surface area contributed by atoms with Crippen LogP contribution in [0.25, 0.3) is 0 Å². The maximum Gasteiger partial charge on any atom is 0.408 e. The Bertz CT molecular complexity index is 446. The summed E-state index contributed by atoms with van der Waals surface area (Å²) in [5.74, 6) is -0.189. The molecule has 1 unspecified atom stereocenters. The first kappa shape index (κ1) is 8.71. The van der Waals surface area contributed by atoms with E-state index in [-0.39, 0.29) is 5.82 Å². The van der Waals surface area contributed by atoms with E-state index in [0.29, 0.717) is 18.6 Å². The van der Waals surface area contributed by atoms with Crippen LogP contribution in [-0.2, 0) is 16.7 Å². The highest BCUT2D eigenvalue weighted by molar-refractivity contribution is 5.72. The molecule has 2 aliphatic rings. The fraction of sp³-hybridized carbons (Fsp3) is 0.364. The molecule has 0 radical (unpaired) electrons. The van der Waals surface area contributed by atoms with E-state index in [1.54, 1.807) is 6.07 Å². The highest BCUT2D eigenvalue weighted by Crippen LogP contribution is 2.40. The Morgan fingerprint density at radius 3 is 3.07 bits per heavy atom. The van der Waals surface area contributed by atoms with Crippen LogP contribution in [0.4, 0.5) is 9.18 Å². The van der Waals surface area contributed by atoms with E-state index in [9.17, 15) is 9.18 Å². The van der Waals surface area contributed by atoms with Crippen LogP contribution in [-0.4, -0.2) is 12.7 Å². The maximum atomic E-state index is 13.5. The van der Waals surface area contributed by atoms with Crippen molar-refractivity contribution in [1.29, 1.82) is 0 Å². The van der Waals surface area contributed by atoms with E-state index in [1.807, 2.05) is 6.07 Å². The number of nitrogens with one attached hydrogen (secondary N) is 1. The van der Waals surface area contributed by atoms with Crippen LogP contribution in [0.3, 0.4) is 0 Å². The molecule has 15 heavy (non-hydrogen) atoms. The standard InChI is InChI=1S/C11H10FNO2/c12-9-3-1-2-8-7(9)4-5-11(8)6-15-10(14)13-11/h1-3H,4-6H2,(H,13,14). The Morgan fingerprint density at radius 2 is 2.33 bits per heavy atom. The SMILES string of the molecule is O=C1NC2(CCc3c(F)cccc32)CO1. The van der Waals surface area contributed by atoms with Gasteiger partial charge in [0.1, 0.15) is 18.0 Å². The zero-order chi connectivity index (χ0) is 10.5. The summed E-state index contributed by atoms with van der Waals surface area (Å²) in [7, 11) is 0. The van der Waals surface area contributed by atoms with Crippen LogP contribution in [0.2, 0.25) is 0 Å². The van der Waals surface area contributed by atoms with Gasteiger partial charge in [0.2, 0.25) is 0 Å². The topological polar surface area (TPSA) is 38.3 Å². The Hall–Kier alpha value is -1.58. The molecule has 78 valence electrons. The number of halogens is 1. The number of rotatable bonds is 0. The lowest BCUT2D eigenvalue weighted by Crippen LogP contribution is -2.38. The van der Waals surface area contributed by atoms with Gasteiger partial charge in [0.05, 0.1) is 0 Å². The van der Waals surface area contributed by atoms with Crippen molar-refractivity contribution >= 4 is 6.09 Å². The summed E-state index contributed by atoms with van der Waals surface area (Å²) in [4.78, 5) is 11.1.